The molecular weight excluding hydrogens is 270 g/mol. The normalized spacial score (nSPS) is 30.6. The number of rotatable bonds is 2. The standard InChI is InChI=1S/C17H20ClNO/c1-11-16(2,3)12-7-8-17(11,10-12)15(20)19-14-6-4-5-13(18)9-14/h4-6,9,12H,1,7-8,10H2,2-3H3,(H,19,20)/t12-,17+/m1/s1. The second-order valence-electron chi connectivity index (χ2n) is 6.69. The molecule has 0 spiro atoms. The van der Waals surface area contributed by atoms with Crippen LogP contribution in [0.15, 0.2) is 36.4 Å². The topological polar surface area (TPSA) is 29.1 Å². The first kappa shape index (κ1) is 13.7. The molecule has 2 aliphatic rings. The summed E-state index contributed by atoms with van der Waals surface area (Å²) in [6.45, 7) is 8.69. The summed E-state index contributed by atoms with van der Waals surface area (Å²) in [5.74, 6) is 0.665. The average molecular weight is 290 g/mol. The molecule has 1 amide bonds. The molecule has 2 aliphatic carbocycles. The summed E-state index contributed by atoms with van der Waals surface area (Å²) in [7, 11) is 0. The van der Waals surface area contributed by atoms with Gasteiger partial charge in [-0.3, -0.25) is 4.79 Å². The van der Waals surface area contributed by atoms with Crippen molar-refractivity contribution in [1.82, 2.24) is 0 Å². The van der Waals surface area contributed by atoms with E-state index in [0.717, 1.165) is 30.5 Å². The molecule has 1 N–H and O–H groups in total. The predicted octanol–water partition coefficient (Wildman–Crippen LogP) is 4.66. The molecule has 2 bridgehead atoms. The number of anilines is 1. The molecule has 3 heteroatoms. The van der Waals surface area contributed by atoms with Gasteiger partial charge in [-0.25, -0.2) is 0 Å². The van der Waals surface area contributed by atoms with Crippen molar-refractivity contribution >= 4 is 23.2 Å². The van der Waals surface area contributed by atoms with Gasteiger partial charge < -0.3 is 5.32 Å². The van der Waals surface area contributed by atoms with Gasteiger partial charge in [0, 0.05) is 10.7 Å². The highest BCUT2D eigenvalue weighted by Gasteiger charge is 2.60. The fourth-order valence-electron chi connectivity index (χ4n) is 3.96. The Hall–Kier alpha value is -1.28. The Labute approximate surface area is 125 Å². The van der Waals surface area contributed by atoms with Crippen molar-refractivity contribution in [3.8, 4) is 0 Å². The minimum absolute atomic E-state index is 0.0733. The molecule has 0 aliphatic heterocycles. The Morgan fingerprint density at radius 1 is 1.45 bits per heavy atom. The number of nitrogens with one attached hydrogen (secondary N) is 1. The minimum Gasteiger partial charge on any atom is -0.325 e. The Kier molecular flexibility index (Phi) is 2.98. The Balaban J connectivity index is 1.86. The van der Waals surface area contributed by atoms with Crippen molar-refractivity contribution in [2.45, 2.75) is 33.1 Å². The summed E-state index contributed by atoms with van der Waals surface area (Å²) in [5, 5.41) is 3.66. The van der Waals surface area contributed by atoms with E-state index >= 15 is 0 Å². The number of fused-ring (bicyclic) bond motifs is 2. The molecule has 3 rings (SSSR count). The summed E-state index contributed by atoms with van der Waals surface area (Å²) in [6.07, 6.45) is 2.98. The number of hydrogen-bond acceptors (Lipinski definition) is 1. The molecule has 20 heavy (non-hydrogen) atoms. The van der Waals surface area contributed by atoms with Crippen LogP contribution in [0.25, 0.3) is 0 Å². The Bertz CT molecular complexity index is 592. The molecule has 2 fully saturated rings. The number of carbonyl (C=O) groups excluding carboxylic acids is 1. The van der Waals surface area contributed by atoms with Crippen LogP contribution in [-0.4, -0.2) is 5.91 Å². The van der Waals surface area contributed by atoms with E-state index in [4.69, 9.17) is 11.6 Å². The van der Waals surface area contributed by atoms with Crippen LogP contribution in [-0.2, 0) is 4.79 Å². The molecule has 0 saturated heterocycles. The van der Waals surface area contributed by atoms with Crippen LogP contribution in [0.4, 0.5) is 5.69 Å². The van der Waals surface area contributed by atoms with Crippen LogP contribution in [0.3, 0.4) is 0 Å². The molecule has 106 valence electrons. The number of amides is 1. The summed E-state index contributed by atoms with van der Waals surface area (Å²) in [5.41, 5.74) is 1.55. The Morgan fingerprint density at radius 2 is 2.20 bits per heavy atom. The largest absolute Gasteiger partial charge is 0.325 e. The maximum atomic E-state index is 12.8. The third-order valence-electron chi connectivity index (χ3n) is 5.41. The molecule has 0 aromatic heterocycles. The number of benzene rings is 1. The van der Waals surface area contributed by atoms with Gasteiger partial charge in [-0.05, 0) is 48.8 Å². The summed E-state index contributed by atoms with van der Waals surface area (Å²) >= 11 is 5.97. The van der Waals surface area contributed by atoms with Crippen molar-refractivity contribution in [3.05, 3.63) is 41.4 Å². The van der Waals surface area contributed by atoms with Gasteiger partial charge >= 0.3 is 0 Å². The van der Waals surface area contributed by atoms with E-state index in [9.17, 15) is 4.79 Å². The highest BCUT2D eigenvalue weighted by Crippen LogP contribution is 2.65. The van der Waals surface area contributed by atoms with Gasteiger partial charge in [0.25, 0.3) is 0 Å². The van der Waals surface area contributed by atoms with Crippen LogP contribution >= 0.6 is 11.6 Å². The van der Waals surface area contributed by atoms with Crippen LogP contribution in [0.5, 0.6) is 0 Å². The van der Waals surface area contributed by atoms with Crippen molar-refractivity contribution in [2.24, 2.45) is 16.7 Å². The SMILES string of the molecule is C=C1C(C)(C)[C@@H]2CC[C@]1(C(=O)Nc1cccc(Cl)c1)C2. The molecule has 1 aromatic rings. The first-order valence-corrected chi connectivity index (χ1v) is 7.51. The highest BCUT2D eigenvalue weighted by atomic mass is 35.5. The third kappa shape index (κ3) is 1.81. The molecule has 2 nitrogen and oxygen atoms in total. The second kappa shape index (κ2) is 4.36. The zero-order chi connectivity index (χ0) is 14.5. The maximum absolute atomic E-state index is 12.8. The summed E-state index contributed by atoms with van der Waals surface area (Å²) in [6, 6.07) is 7.31. The van der Waals surface area contributed by atoms with E-state index in [1.54, 1.807) is 12.1 Å². The van der Waals surface area contributed by atoms with Crippen LogP contribution in [0.1, 0.15) is 33.1 Å². The highest BCUT2D eigenvalue weighted by molar-refractivity contribution is 6.30. The van der Waals surface area contributed by atoms with Gasteiger partial charge in [0.05, 0.1) is 5.41 Å². The van der Waals surface area contributed by atoms with Crippen LogP contribution in [0, 0.1) is 16.7 Å². The first-order chi connectivity index (χ1) is 9.36. The van der Waals surface area contributed by atoms with Gasteiger partial charge in [-0.1, -0.05) is 43.7 Å². The lowest BCUT2D eigenvalue weighted by molar-refractivity contribution is -0.123. The minimum atomic E-state index is -0.378. The fraction of sp³-hybridized carbons (Fsp3) is 0.471. The lowest BCUT2D eigenvalue weighted by Gasteiger charge is -2.37. The zero-order valence-corrected chi connectivity index (χ0v) is 12.8. The molecule has 0 unspecified atom stereocenters. The Morgan fingerprint density at radius 3 is 2.80 bits per heavy atom. The molecule has 1 aromatic carbocycles. The third-order valence-corrected chi connectivity index (χ3v) is 5.64. The van der Waals surface area contributed by atoms with Crippen molar-refractivity contribution in [1.29, 1.82) is 0 Å². The van der Waals surface area contributed by atoms with Crippen molar-refractivity contribution in [3.63, 3.8) is 0 Å². The average Bonchev–Trinajstić information content (AvgIpc) is 2.90. The fourth-order valence-corrected chi connectivity index (χ4v) is 4.15. The first-order valence-electron chi connectivity index (χ1n) is 7.13. The number of carbonyl (C=O) groups is 1. The number of hydrogen-bond donors (Lipinski definition) is 1. The smallest absolute Gasteiger partial charge is 0.234 e. The van der Waals surface area contributed by atoms with E-state index < -0.39 is 0 Å². The van der Waals surface area contributed by atoms with E-state index in [-0.39, 0.29) is 16.7 Å². The maximum Gasteiger partial charge on any atom is 0.234 e. The van der Waals surface area contributed by atoms with Crippen molar-refractivity contribution < 1.29 is 4.79 Å². The van der Waals surface area contributed by atoms with E-state index in [1.165, 1.54) is 0 Å². The number of halogens is 1. The summed E-state index contributed by atoms with van der Waals surface area (Å²) < 4.78 is 0. The van der Waals surface area contributed by atoms with Crippen LogP contribution < -0.4 is 5.32 Å². The van der Waals surface area contributed by atoms with E-state index in [1.807, 2.05) is 12.1 Å². The lowest BCUT2D eigenvalue weighted by Crippen LogP contribution is -2.37. The monoisotopic (exact) mass is 289 g/mol. The summed E-state index contributed by atoms with van der Waals surface area (Å²) in [4.78, 5) is 12.8. The molecule has 0 radical (unpaired) electrons. The van der Waals surface area contributed by atoms with Crippen LogP contribution in [0.2, 0.25) is 5.02 Å². The van der Waals surface area contributed by atoms with Gasteiger partial charge in [0.2, 0.25) is 5.91 Å². The lowest BCUT2D eigenvalue weighted by atomic mass is 9.68. The van der Waals surface area contributed by atoms with Gasteiger partial charge in [0.15, 0.2) is 0 Å². The predicted molar refractivity (Wildman–Crippen MR) is 82.8 cm³/mol. The van der Waals surface area contributed by atoms with Gasteiger partial charge in [0.1, 0.15) is 0 Å². The van der Waals surface area contributed by atoms with Crippen molar-refractivity contribution in [2.75, 3.05) is 5.32 Å². The van der Waals surface area contributed by atoms with E-state index in [2.05, 4.69) is 25.7 Å². The van der Waals surface area contributed by atoms with Gasteiger partial charge in [-0.2, -0.15) is 0 Å². The molecular formula is C17H20ClNO. The quantitative estimate of drug-likeness (QED) is 0.788. The second-order valence-corrected chi connectivity index (χ2v) is 7.12. The van der Waals surface area contributed by atoms with E-state index in [0.29, 0.717) is 10.9 Å². The molecule has 0 heterocycles. The van der Waals surface area contributed by atoms with Gasteiger partial charge in [-0.15, -0.1) is 0 Å². The zero-order valence-electron chi connectivity index (χ0n) is 12.0. The molecule has 2 atom stereocenters. The molecule has 2 saturated carbocycles.